The SMILES string of the molecule is Brc1ccc2c(c1)c1ncccc1n2-c1cccc(-c2cc(-c3ccccc3)nc(-c3ccccc3)n2)c1.Brc1ccc2c(c1)c1ncccc1n2-c1cccc(-c2nc(-c3ccccc3)nc(-c3ccccc3)n2)c1.Brc1cccc2c1c1cccnc1n2-c1ccccc1.Brc1cccc2c1c1ccncc1n2-c1ccccc1.Brc1cccc2c1c1cnccc1n2-c1ccccc1. The summed E-state index contributed by atoms with van der Waals surface area (Å²) >= 11 is 18.2. The standard InChI is InChI=1S/C33H21BrN4.C32H20BrN5.3C17H11BrN2/c34-25-16-17-30-27(20-25)32-31(15-8-18-35-32)38(30)26-14-7-13-24(19-26)29-21-28(22-9-3-1-4-10-22)36-33(37-29)23-11-5-2-6-12-23;33-24-16-17-27-26(20-24)29-28(15-8-18-34-29)38(27)25-14-7-13-23(19-25)32-36-30(21-9-3-1-4-10-21)35-31(37-32)22-11-5-2-6-12-22;18-14-9-4-10-15-16(14)13-8-5-11-19-17(13)20(15)12-6-2-1-3-7-12;18-14-7-4-8-16-17(14)13-11-19-10-9-15(13)20(16)12-5-2-1-3-6-12;18-14-7-4-8-15-17(14)13-9-10-19-11-16(13)20(15)12-5-2-1-3-6-12/h1-21H;1-20H;3*1-11H. The van der Waals surface area contributed by atoms with E-state index in [1.165, 1.54) is 54.4 Å². The van der Waals surface area contributed by atoms with Crippen LogP contribution in [0.4, 0.5) is 0 Å². The summed E-state index contributed by atoms with van der Waals surface area (Å²) < 4.78 is 16.6. The van der Waals surface area contributed by atoms with Gasteiger partial charge in [-0.05, 0) is 188 Å². The summed E-state index contributed by atoms with van der Waals surface area (Å²) in [7, 11) is 0. The van der Waals surface area contributed by atoms with Crippen molar-refractivity contribution >= 4 is 189 Å². The fourth-order valence-electron chi connectivity index (χ4n) is 17.9. The Hall–Kier alpha value is -15.7. The summed E-state index contributed by atoms with van der Waals surface area (Å²) in [4.78, 5) is 47.1. The molecule has 15 nitrogen and oxygen atoms in total. The van der Waals surface area contributed by atoms with Gasteiger partial charge in [-0.3, -0.25) is 24.5 Å². The van der Waals surface area contributed by atoms with E-state index in [1.807, 2.05) is 213 Å². The zero-order valence-electron chi connectivity index (χ0n) is 72.3. The first-order valence-corrected chi connectivity index (χ1v) is 48.0. The van der Waals surface area contributed by atoms with Crippen LogP contribution in [0, 0.1) is 0 Å². The smallest absolute Gasteiger partial charge is 0.164 e. The molecule has 0 atom stereocenters. The first-order chi connectivity index (χ1) is 67.1. The summed E-state index contributed by atoms with van der Waals surface area (Å²) in [5.74, 6) is 2.62. The molecule has 0 saturated heterocycles. The number of halogens is 5. The van der Waals surface area contributed by atoms with Crippen molar-refractivity contribution < 1.29 is 0 Å². The lowest BCUT2D eigenvalue weighted by Crippen LogP contribution is -2.01. The zero-order chi connectivity index (χ0) is 91.5. The highest BCUT2D eigenvalue weighted by Gasteiger charge is 2.23. The molecule has 648 valence electrons. The van der Waals surface area contributed by atoms with E-state index in [0.717, 1.165) is 151 Å². The Bertz CT molecular complexity index is 8160. The molecule has 0 amide bonds. The molecule has 14 aromatic carbocycles. The lowest BCUT2D eigenvalue weighted by atomic mass is 10.1. The Labute approximate surface area is 823 Å². The molecule has 12 heterocycles. The van der Waals surface area contributed by atoms with Crippen LogP contribution >= 0.6 is 79.6 Å². The number of rotatable bonds is 11. The zero-order valence-corrected chi connectivity index (χ0v) is 80.3. The molecule has 0 saturated carbocycles. The second kappa shape index (κ2) is 38.1. The third kappa shape index (κ3) is 16.8. The van der Waals surface area contributed by atoms with Gasteiger partial charge in [0.15, 0.2) is 23.3 Å². The normalized spacial score (nSPS) is 11.3. The van der Waals surface area contributed by atoms with Crippen molar-refractivity contribution in [3.05, 3.63) is 472 Å². The maximum atomic E-state index is 5.02. The van der Waals surface area contributed by atoms with Crippen LogP contribution in [-0.2, 0) is 0 Å². The molecule has 26 aromatic rings. The first-order valence-electron chi connectivity index (χ1n) is 44.0. The van der Waals surface area contributed by atoms with Gasteiger partial charge in [-0.1, -0.05) is 298 Å². The summed E-state index contributed by atoms with van der Waals surface area (Å²) in [6, 6.07) is 138. The molecule has 0 aliphatic rings. The van der Waals surface area contributed by atoms with E-state index in [4.69, 9.17) is 34.9 Å². The average molecular weight is 2080 g/mol. The third-order valence-corrected chi connectivity index (χ3v) is 26.8. The maximum Gasteiger partial charge on any atom is 0.164 e. The minimum absolute atomic E-state index is 0.626. The quantitative estimate of drug-likeness (QED) is 0.122. The molecule has 26 rings (SSSR count). The Morgan fingerprint density at radius 1 is 0.191 bits per heavy atom. The molecule has 0 aliphatic carbocycles. The Morgan fingerprint density at radius 3 is 1.06 bits per heavy atom. The molecule has 12 aromatic heterocycles. The van der Waals surface area contributed by atoms with Crippen LogP contribution in [0.15, 0.2) is 472 Å². The predicted octanol–water partition coefficient (Wildman–Crippen LogP) is 31.7. The van der Waals surface area contributed by atoms with Crippen LogP contribution in [-0.4, -0.2) is 72.7 Å². The molecule has 0 unspecified atom stereocenters. The maximum absolute atomic E-state index is 5.02. The second-order valence-corrected chi connectivity index (χ2v) is 36.5. The van der Waals surface area contributed by atoms with Gasteiger partial charge in [0.2, 0.25) is 0 Å². The minimum atomic E-state index is 0.626. The van der Waals surface area contributed by atoms with Crippen molar-refractivity contribution in [3.63, 3.8) is 0 Å². The van der Waals surface area contributed by atoms with Crippen LogP contribution < -0.4 is 0 Å². The highest BCUT2D eigenvalue weighted by Crippen LogP contribution is 2.43. The molecular weight excluding hydrogens is 2000 g/mol. The van der Waals surface area contributed by atoms with Gasteiger partial charge >= 0.3 is 0 Å². The number of hydrogen-bond acceptors (Lipinski definition) is 10. The van der Waals surface area contributed by atoms with Crippen molar-refractivity contribution in [1.29, 1.82) is 0 Å². The second-order valence-electron chi connectivity index (χ2n) is 32.1. The fraction of sp³-hybridized carbons (Fsp3) is 0. The largest absolute Gasteiger partial charge is 0.309 e. The molecule has 0 fully saturated rings. The van der Waals surface area contributed by atoms with Crippen molar-refractivity contribution in [3.8, 4) is 96.5 Å². The molecule has 0 bridgehead atoms. The Morgan fingerprint density at radius 2 is 0.544 bits per heavy atom. The molecule has 0 radical (unpaired) electrons. The van der Waals surface area contributed by atoms with E-state index in [2.05, 4.69) is 354 Å². The highest BCUT2D eigenvalue weighted by atomic mass is 79.9. The van der Waals surface area contributed by atoms with Crippen LogP contribution in [0.5, 0.6) is 0 Å². The van der Waals surface area contributed by atoms with E-state index >= 15 is 0 Å². The van der Waals surface area contributed by atoms with Gasteiger partial charge in [0.1, 0.15) is 5.65 Å². The van der Waals surface area contributed by atoms with Gasteiger partial charge in [0.25, 0.3) is 0 Å². The van der Waals surface area contributed by atoms with Crippen LogP contribution in [0.3, 0.4) is 0 Å². The summed E-state index contributed by atoms with van der Waals surface area (Å²) in [6.45, 7) is 0. The van der Waals surface area contributed by atoms with Crippen molar-refractivity contribution in [2.45, 2.75) is 0 Å². The topological polar surface area (TPSA) is 154 Å². The van der Waals surface area contributed by atoms with Crippen molar-refractivity contribution in [1.82, 2.24) is 72.7 Å². The van der Waals surface area contributed by atoms with Gasteiger partial charge in [0.05, 0.1) is 78.3 Å². The molecule has 20 heteroatoms. The van der Waals surface area contributed by atoms with Crippen LogP contribution in [0.2, 0.25) is 0 Å². The van der Waals surface area contributed by atoms with Gasteiger partial charge in [-0.25, -0.2) is 29.9 Å². The average Bonchev–Trinajstić information content (AvgIpc) is 1.59. The van der Waals surface area contributed by atoms with Gasteiger partial charge in [0, 0.05) is 164 Å². The number of aromatic nitrogens is 15. The van der Waals surface area contributed by atoms with E-state index in [1.54, 1.807) is 0 Å². The monoisotopic (exact) mass is 2070 g/mol. The fourth-order valence-corrected chi connectivity index (χ4v) is 20.3. The lowest BCUT2D eigenvalue weighted by molar-refractivity contribution is 1.07. The van der Waals surface area contributed by atoms with Crippen LogP contribution in [0.1, 0.15) is 0 Å². The molecule has 0 spiro atoms. The molecule has 0 aliphatic heterocycles. The predicted molar refractivity (Wildman–Crippen MR) is 573 cm³/mol. The number of para-hydroxylation sites is 3. The van der Waals surface area contributed by atoms with E-state index in [9.17, 15) is 0 Å². The summed E-state index contributed by atoms with van der Waals surface area (Å²) in [5.41, 5.74) is 26.2. The van der Waals surface area contributed by atoms with Gasteiger partial charge < -0.3 is 18.3 Å². The summed E-state index contributed by atoms with van der Waals surface area (Å²) in [5, 5.41) is 9.40. The highest BCUT2D eigenvalue weighted by molar-refractivity contribution is 9.11. The minimum Gasteiger partial charge on any atom is -0.309 e. The number of nitrogens with zero attached hydrogens (tertiary/aromatic N) is 15. The van der Waals surface area contributed by atoms with Gasteiger partial charge in [-0.15, -0.1) is 0 Å². The number of pyridine rings is 5. The van der Waals surface area contributed by atoms with Crippen molar-refractivity contribution in [2.24, 2.45) is 0 Å². The number of fused-ring (bicyclic) bond motifs is 15. The number of hydrogen-bond donors (Lipinski definition) is 0. The van der Waals surface area contributed by atoms with Crippen molar-refractivity contribution in [2.75, 3.05) is 0 Å². The van der Waals surface area contributed by atoms with E-state index < -0.39 is 0 Å². The molecular formula is C116H74Br5N15. The summed E-state index contributed by atoms with van der Waals surface area (Å²) in [6.07, 6.45) is 13.1. The third-order valence-electron chi connectivity index (χ3n) is 23.9. The Balaban J connectivity index is 0.000000102. The van der Waals surface area contributed by atoms with Gasteiger partial charge in [-0.2, -0.15) is 0 Å². The van der Waals surface area contributed by atoms with E-state index in [0.29, 0.717) is 23.3 Å². The number of benzene rings is 14. The Kier molecular flexibility index (Phi) is 24.0. The lowest BCUT2D eigenvalue weighted by Gasteiger charge is -2.12. The van der Waals surface area contributed by atoms with E-state index in [-0.39, 0.29) is 0 Å². The van der Waals surface area contributed by atoms with Crippen LogP contribution in [0.25, 0.3) is 206 Å². The first kappa shape index (κ1) is 85.8. The molecule has 136 heavy (non-hydrogen) atoms. The molecule has 0 N–H and O–H groups in total.